The largest absolute Gasteiger partial charge is 0.302 e. The summed E-state index contributed by atoms with van der Waals surface area (Å²) < 4.78 is 0. The standard InChI is InChI=1S/C21H40N2.2H2/c1-17(2)14-23(15-18(3)4)16-20(13-22-5)21(19-9-10-19)11-7-6-8-12-21;;/h17-20H,5-16H2,1-4H3;2*1H. The van der Waals surface area contributed by atoms with E-state index in [1.807, 2.05) is 0 Å². The van der Waals surface area contributed by atoms with Gasteiger partial charge in [-0.05, 0) is 61.5 Å². The van der Waals surface area contributed by atoms with Crippen LogP contribution in [0.5, 0.6) is 0 Å². The molecule has 0 saturated heterocycles. The Kier molecular flexibility index (Phi) is 7.13. The summed E-state index contributed by atoms with van der Waals surface area (Å²) in [5, 5.41) is 0. The molecule has 2 heteroatoms. The molecule has 2 aliphatic rings. The monoisotopic (exact) mass is 324 g/mol. The van der Waals surface area contributed by atoms with Gasteiger partial charge in [0.05, 0.1) is 0 Å². The molecule has 0 amide bonds. The zero-order chi connectivity index (χ0) is 16.9. The van der Waals surface area contributed by atoms with Crippen LogP contribution >= 0.6 is 0 Å². The summed E-state index contributed by atoms with van der Waals surface area (Å²) in [6.07, 6.45) is 10.2. The summed E-state index contributed by atoms with van der Waals surface area (Å²) in [6, 6.07) is 0. The highest BCUT2D eigenvalue weighted by atomic mass is 15.1. The van der Waals surface area contributed by atoms with Gasteiger partial charge < -0.3 is 9.89 Å². The fourth-order valence-corrected chi connectivity index (χ4v) is 5.16. The van der Waals surface area contributed by atoms with Crippen molar-refractivity contribution < 1.29 is 2.85 Å². The Bertz CT molecular complexity index is 351. The van der Waals surface area contributed by atoms with Crippen molar-refractivity contribution in [2.75, 3.05) is 26.2 Å². The third kappa shape index (κ3) is 5.31. The van der Waals surface area contributed by atoms with Crippen LogP contribution in [0.15, 0.2) is 4.99 Å². The third-order valence-electron chi connectivity index (χ3n) is 6.06. The maximum Gasteiger partial charge on any atom is 0.0428 e. The minimum absolute atomic E-state index is 0. The van der Waals surface area contributed by atoms with Gasteiger partial charge in [0.25, 0.3) is 0 Å². The third-order valence-corrected chi connectivity index (χ3v) is 6.06. The summed E-state index contributed by atoms with van der Waals surface area (Å²) >= 11 is 0. The van der Waals surface area contributed by atoms with Crippen molar-refractivity contribution in [3.8, 4) is 0 Å². The predicted octanol–water partition coefficient (Wildman–Crippen LogP) is 5.77. The maximum atomic E-state index is 4.40. The number of nitrogens with zero attached hydrogens (tertiary/aromatic N) is 2. The highest BCUT2D eigenvalue weighted by molar-refractivity contribution is 5.23. The first kappa shape index (κ1) is 19.0. The molecule has 2 fully saturated rings. The zero-order valence-corrected chi connectivity index (χ0v) is 16.2. The van der Waals surface area contributed by atoms with Gasteiger partial charge in [0.2, 0.25) is 0 Å². The number of rotatable bonds is 10. The molecule has 0 spiro atoms. The van der Waals surface area contributed by atoms with Crippen LogP contribution in [0.4, 0.5) is 0 Å². The van der Waals surface area contributed by atoms with Gasteiger partial charge in [0, 0.05) is 29.0 Å². The molecule has 2 saturated carbocycles. The lowest BCUT2D eigenvalue weighted by Gasteiger charge is -2.46. The second-order valence-electron chi connectivity index (χ2n) is 9.18. The zero-order valence-electron chi connectivity index (χ0n) is 16.2. The summed E-state index contributed by atoms with van der Waals surface area (Å²) in [5.41, 5.74) is 0.589. The highest BCUT2D eigenvalue weighted by Gasteiger charge is 2.50. The molecule has 0 aliphatic heterocycles. The van der Waals surface area contributed by atoms with Crippen LogP contribution in [-0.2, 0) is 0 Å². The van der Waals surface area contributed by atoms with E-state index in [4.69, 9.17) is 0 Å². The molecular weight excluding hydrogens is 280 g/mol. The molecule has 23 heavy (non-hydrogen) atoms. The molecule has 0 heterocycles. The van der Waals surface area contributed by atoms with Crippen molar-refractivity contribution in [3.05, 3.63) is 0 Å². The van der Waals surface area contributed by atoms with Crippen molar-refractivity contribution in [2.45, 2.75) is 72.6 Å². The molecule has 1 unspecified atom stereocenters. The van der Waals surface area contributed by atoms with Crippen LogP contribution in [0, 0.1) is 29.1 Å². The smallest absolute Gasteiger partial charge is 0.0428 e. The Hall–Kier alpha value is -0.370. The van der Waals surface area contributed by atoms with Crippen LogP contribution in [0.2, 0.25) is 0 Å². The average molecular weight is 325 g/mol. The second kappa shape index (κ2) is 8.65. The Morgan fingerprint density at radius 1 is 1.00 bits per heavy atom. The van der Waals surface area contributed by atoms with Crippen LogP contribution in [0.25, 0.3) is 0 Å². The van der Waals surface area contributed by atoms with Gasteiger partial charge in [-0.3, -0.25) is 0 Å². The Morgan fingerprint density at radius 3 is 2.00 bits per heavy atom. The Balaban J connectivity index is 0.00000288. The quantitative estimate of drug-likeness (QED) is 0.466. The lowest BCUT2D eigenvalue weighted by molar-refractivity contribution is 0.0397. The second-order valence-corrected chi connectivity index (χ2v) is 9.18. The highest BCUT2D eigenvalue weighted by Crippen LogP contribution is 2.57. The summed E-state index contributed by atoms with van der Waals surface area (Å²) in [4.78, 5) is 7.14. The molecule has 0 aromatic carbocycles. The van der Waals surface area contributed by atoms with E-state index in [1.165, 1.54) is 64.6 Å². The van der Waals surface area contributed by atoms with Gasteiger partial charge in [0.15, 0.2) is 0 Å². The van der Waals surface area contributed by atoms with E-state index >= 15 is 0 Å². The van der Waals surface area contributed by atoms with E-state index in [2.05, 4.69) is 44.3 Å². The van der Waals surface area contributed by atoms with Crippen molar-refractivity contribution in [3.63, 3.8) is 0 Å². The molecule has 2 nitrogen and oxygen atoms in total. The fraction of sp³-hybridized carbons (Fsp3) is 0.952. The Morgan fingerprint density at radius 2 is 1.57 bits per heavy atom. The number of hydrogen-bond donors (Lipinski definition) is 0. The van der Waals surface area contributed by atoms with Crippen LogP contribution in [0.3, 0.4) is 0 Å². The van der Waals surface area contributed by atoms with E-state index in [0.717, 1.165) is 30.2 Å². The lowest BCUT2D eigenvalue weighted by atomic mass is 9.62. The van der Waals surface area contributed by atoms with Gasteiger partial charge in [-0.2, -0.15) is 0 Å². The molecule has 0 aromatic rings. The van der Waals surface area contributed by atoms with E-state index in [-0.39, 0.29) is 2.85 Å². The van der Waals surface area contributed by atoms with E-state index in [1.54, 1.807) is 0 Å². The average Bonchev–Trinajstić information content (AvgIpc) is 3.31. The SMILES string of the molecule is C=NCC(CN(CC(C)C)CC(C)C)C1(C2CC2)CCCCC1.[HH].[HH]. The van der Waals surface area contributed by atoms with Crippen molar-refractivity contribution in [1.29, 1.82) is 0 Å². The minimum Gasteiger partial charge on any atom is -0.302 e. The number of hydrogen-bond acceptors (Lipinski definition) is 2. The Labute approximate surface area is 148 Å². The molecule has 0 radical (unpaired) electrons. The van der Waals surface area contributed by atoms with Gasteiger partial charge in [0.1, 0.15) is 0 Å². The molecule has 0 N–H and O–H groups in total. The number of aliphatic imine (C=N–C) groups is 1. The topological polar surface area (TPSA) is 15.6 Å². The van der Waals surface area contributed by atoms with Gasteiger partial charge in [-0.25, -0.2) is 0 Å². The minimum atomic E-state index is 0. The first-order chi connectivity index (χ1) is 11.0. The fourth-order valence-electron chi connectivity index (χ4n) is 5.16. The molecule has 0 aromatic heterocycles. The van der Waals surface area contributed by atoms with Crippen molar-refractivity contribution in [1.82, 2.24) is 4.90 Å². The summed E-state index contributed by atoms with van der Waals surface area (Å²) in [6.45, 7) is 18.0. The van der Waals surface area contributed by atoms with E-state index in [9.17, 15) is 0 Å². The molecular formula is C21H44N2. The van der Waals surface area contributed by atoms with Crippen LogP contribution in [0.1, 0.15) is 75.5 Å². The lowest BCUT2D eigenvalue weighted by Crippen LogP contribution is -2.45. The first-order valence-electron chi connectivity index (χ1n) is 10.1. The van der Waals surface area contributed by atoms with Gasteiger partial charge in [-0.1, -0.05) is 47.0 Å². The van der Waals surface area contributed by atoms with Crippen molar-refractivity contribution >= 4 is 6.72 Å². The molecule has 2 rings (SSSR count). The van der Waals surface area contributed by atoms with Crippen molar-refractivity contribution in [2.24, 2.45) is 34.1 Å². The molecule has 138 valence electrons. The first-order valence-corrected chi connectivity index (χ1v) is 10.1. The summed E-state index contributed by atoms with van der Waals surface area (Å²) in [5.74, 6) is 3.21. The van der Waals surface area contributed by atoms with Crippen LogP contribution in [-0.4, -0.2) is 37.8 Å². The molecule has 0 bridgehead atoms. The molecule has 2 aliphatic carbocycles. The van der Waals surface area contributed by atoms with E-state index in [0.29, 0.717) is 5.41 Å². The molecule has 1 atom stereocenters. The van der Waals surface area contributed by atoms with Crippen LogP contribution < -0.4 is 0 Å². The normalized spacial score (nSPS) is 22.7. The van der Waals surface area contributed by atoms with Gasteiger partial charge >= 0.3 is 0 Å². The summed E-state index contributed by atoms with van der Waals surface area (Å²) in [7, 11) is 0. The van der Waals surface area contributed by atoms with Gasteiger partial charge in [-0.15, -0.1) is 0 Å². The van der Waals surface area contributed by atoms with E-state index < -0.39 is 0 Å². The predicted molar refractivity (Wildman–Crippen MR) is 106 cm³/mol. The maximum absolute atomic E-state index is 4.40.